The Kier molecular flexibility index (Phi) is 2.95. The van der Waals surface area contributed by atoms with E-state index < -0.39 is 5.97 Å². The van der Waals surface area contributed by atoms with Gasteiger partial charge in [-0.2, -0.15) is 5.10 Å². The Hall–Kier alpha value is -2.43. The van der Waals surface area contributed by atoms with E-state index in [2.05, 4.69) is 11.2 Å². The number of nitrogens with zero attached hydrogens (tertiary/aromatic N) is 2. The van der Waals surface area contributed by atoms with E-state index in [-0.39, 0.29) is 17.2 Å². The quantitative estimate of drug-likeness (QED) is 0.924. The van der Waals surface area contributed by atoms with Crippen molar-refractivity contribution < 1.29 is 14.3 Å². The van der Waals surface area contributed by atoms with Gasteiger partial charge in [-0.1, -0.05) is 12.5 Å². The molecule has 2 atom stereocenters. The maximum atomic E-state index is 13.1. The number of halogens is 1. The highest BCUT2D eigenvalue weighted by Crippen LogP contribution is 2.53. The highest BCUT2D eigenvalue weighted by atomic mass is 19.1. The van der Waals surface area contributed by atoms with Crippen molar-refractivity contribution >= 4 is 12.0 Å². The molecule has 118 valence electrons. The zero-order valence-corrected chi connectivity index (χ0v) is 12.8. The third-order valence-electron chi connectivity index (χ3n) is 5.33. The predicted octanol–water partition coefficient (Wildman–Crippen LogP) is 3.45. The second-order valence-electron chi connectivity index (χ2n) is 6.64. The van der Waals surface area contributed by atoms with Gasteiger partial charge in [-0.05, 0) is 55.2 Å². The van der Waals surface area contributed by atoms with Crippen molar-refractivity contribution in [2.75, 3.05) is 0 Å². The van der Waals surface area contributed by atoms with Crippen LogP contribution in [0.5, 0.6) is 0 Å². The Bertz CT molecular complexity index is 822. The van der Waals surface area contributed by atoms with Crippen molar-refractivity contribution in [2.24, 2.45) is 11.3 Å². The maximum Gasteiger partial charge on any atom is 0.307 e. The fourth-order valence-corrected chi connectivity index (χ4v) is 4.03. The first-order valence-electron chi connectivity index (χ1n) is 7.76. The van der Waals surface area contributed by atoms with Crippen molar-refractivity contribution in [3.8, 4) is 5.69 Å². The van der Waals surface area contributed by atoms with Crippen molar-refractivity contribution in [2.45, 2.75) is 26.2 Å². The molecule has 2 aliphatic carbocycles. The van der Waals surface area contributed by atoms with Crippen LogP contribution in [0.1, 0.15) is 31.0 Å². The van der Waals surface area contributed by atoms with Crippen LogP contribution in [-0.4, -0.2) is 20.9 Å². The van der Waals surface area contributed by atoms with Gasteiger partial charge < -0.3 is 5.11 Å². The van der Waals surface area contributed by atoms with E-state index in [1.807, 2.05) is 6.92 Å². The zero-order chi connectivity index (χ0) is 16.2. The van der Waals surface area contributed by atoms with Crippen molar-refractivity contribution in [1.82, 2.24) is 9.78 Å². The summed E-state index contributed by atoms with van der Waals surface area (Å²) in [5.74, 6) is -1.33. The van der Waals surface area contributed by atoms with Crippen LogP contribution in [0.2, 0.25) is 0 Å². The minimum atomic E-state index is -0.717. The van der Waals surface area contributed by atoms with Gasteiger partial charge in [-0.15, -0.1) is 0 Å². The van der Waals surface area contributed by atoms with Crippen molar-refractivity contribution in [3.63, 3.8) is 0 Å². The van der Waals surface area contributed by atoms with Crippen LogP contribution in [0.3, 0.4) is 0 Å². The molecule has 0 amide bonds. The van der Waals surface area contributed by atoms with Crippen LogP contribution in [-0.2, 0) is 11.2 Å². The van der Waals surface area contributed by atoms with E-state index in [0.29, 0.717) is 12.8 Å². The molecule has 23 heavy (non-hydrogen) atoms. The fraction of sp³-hybridized carbons (Fsp3) is 0.333. The molecule has 0 radical (unpaired) electrons. The molecule has 2 aliphatic rings. The van der Waals surface area contributed by atoms with Crippen LogP contribution in [0, 0.1) is 17.2 Å². The summed E-state index contributed by atoms with van der Waals surface area (Å²) in [4.78, 5) is 11.5. The number of allylic oxidation sites excluding steroid dienone is 1. The lowest BCUT2D eigenvalue weighted by atomic mass is 9.70. The Morgan fingerprint density at radius 3 is 2.83 bits per heavy atom. The number of hydrogen-bond acceptors (Lipinski definition) is 2. The monoisotopic (exact) mass is 312 g/mol. The summed E-state index contributed by atoms with van der Waals surface area (Å²) in [6, 6.07) is 6.23. The number of aromatic nitrogens is 2. The molecule has 1 fully saturated rings. The van der Waals surface area contributed by atoms with Crippen LogP contribution in [0.15, 0.2) is 36.0 Å². The number of rotatable bonds is 2. The SMILES string of the molecule is CC12Cc3cnn(-c4ccc(F)cc4)c3C=C1CC[C@@H]2C(=O)O. The molecule has 0 spiro atoms. The van der Waals surface area contributed by atoms with Gasteiger partial charge in [0.15, 0.2) is 0 Å². The van der Waals surface area contributed by atoms with Crippen LogP contribution < -0.4 is 0 Å². The van der Waals surface area contributed by atoms with Gasteiger partial charge in [-0.25, -0.2) is 9.07 Å². The van der Waals surface area contributed by atoms with Gasteiger partial charge in [0, 0.05) is 5.41 Å². The maximum absolute atomic E-state index is 13.1. The van der Waals surface area contributed by atoms with Gasteiger partial charge in [0.2, 0.25) is 0 Å². The predicted molar refractivity (Wildman–Crippen MR) is 83.7 cm³/mol. The third-order valence-corrected chi connectivity index (χ3v) is 5.33. The number of benzene rings is 1. The molecule has 1 unspecified atom stereocenters. The summed E-state index contributed by atoms with van der Waals surface area (Å²) in [7, 11) is 0. The standard InChI is InChI=1S/C18H17FN2O2/c1-18-9-11-10-20-21(14-5-3-13(19)4-6-14)16(11)8-12(18)2-7-15(18)17(22)23/h3-6,8,10,15H,2,7,9H2,1H3,(H,22,23)/t15-,18?/m1/s1. The normalized spacial score (nSPS) is 25.7. The second-order valence-corrected chi connectivity index (χ2v) is 6.64. The molecule has 1 heterocycles. The summed E-state index contributed by atoms with van der Waals surface area (Å²) in [6.07, 6.45) is 6.06. The fourth-order valence-electron chi connectivity index (χ4n) is 4.03. The molecule has 5 heteroatoms. The molecule has 2 aromatic rings. The molecule has 4 rings (SSSR count). The van der Waals surface area contributed by atoms with Crippen molar-refractivity contribution in [3.05, 3.63) is 53.1 Å². The first-order valence-corrected chi connectivity index (χ1v) is 7.76. The molecule has 4 nitrogen and oxygen atoms in total. The number of carboxylic acids is 1. The largest absolute Gasteiger partial charge is 0.481 e. The van der Waals surface area contributed by atoms with E-state index in [4.69, 9.17) is 0 Å². The minimum absolute atomic E-state index is 0.277. The average molecular weight is 312 g/mol. The number of carbonyl (C=O) groups is 1. The van der Waals surface area contributed by atoms with E-state index in [1.165, 1.54) is 17.7 Å². The number of aliphatic carboxylic acids is 1. The Balaban J connectivity index is 1.79. The number of carboxylic acid groups (broad SMARTS) is 1. The van der Waals surface area contributed by atoms with E-state index in [9.17, 15) is 14.3 Å². The summed E-state index contributed by atoms with van der Waals surface area (Å²) in [5.41, 5.74) is 3.70. The molecule has 1 saturated carbocycles. The van der Waals surface area contributed by atoms with Crippen LogP contribution in [0.25, 0.3) is 11.8 Å². The summed E-state index contributed by atoms with van der Waals surface area (Å²) in [5, 5.41) is 13.9. The molecular formula is C18H17FN2O2. The summed E-state index contributed by atoms with van der Waals surface area (Å²) >= 11 is 0. The van der Waals surface area contributed by atoms with Crippen LogP contribution in [0.4, 0.5) is 4.39 Å². The second kappa shape index (κ2) is 4.78. The Morgan fingerprint density at radius 1 is 1.39 bits per heavy atom. The molecule has 0 bridgehead atoms. The van der Waals surface area contributed by atoms with Gasteiger partial charge >= 0.3 is 5.97 Å². The highest BCUT2D eigenvalue weighted by molar-refractivity contribution is 5.75. The molecule has 1 aromatic heterocycles. The summed E-state index contributed by atoms with van der Waals surface area (Å²) < 4.78 is 14.9. The van der Waals surface area contributed by atoms with E-state index >= 15 is 0 Å². The van der Waals surface area contributed by atoms with Gasteiger partial charge in [-0.3, -0.25) is 4.79 Å². The lowest BCUT2D eigenvalue weighted by Gasteiger charge is -2.33. The molecule has 0 saturated heterocycles. The molecular weight excluding hydrogens is 295 g/mol. The molecule has 0 aliphatic heterocycles. The average Bonchev–Trinajstić information content (AvgIpc) is 3.05. The first-order chi connectivity index (χ1) is 11.0. The third kappa shape index (κ3) is 2.03. The zero-order valence-electron chi connectivity index (χ0n) is 12.8. The molecule has 1 N–H and O–H groups in total. The van der Waals surface area contributed by atoms with Crippen molar-refractivity contribution in [1.29, 1.82) is 0 Å². The van der Waals surface area contributed by atoms with Crippen LogP contribution >= 0.6 is 0 Å². The minimum Gasteiger partial charge on any atom is -0.481 e. The Morgan fingerprint density at radius 2 is 2.13 bits per heavy atom. The smallest absolute Gasteiger partial charge is 0.307 e. The number of fused-ring (bicyclic) bond motifs is 2. The highest BCUT2D eigenvalue weighted by Gasteiger charge is 2.48. The topological polar surface area (TPSA) is 55.1 Å². The lowest BCUT2D eigenvalue weighted by molar-refractivity contribution is -0.144. The van der Waals surface area contributed by atoms with Gasteiger partial charge in [0.25, 0.3) is 0 Å². The first kappa shape index (κ1) is 14.2. The Labute approximate surface area is 133 Å². The lowest BCUT2D eigenvalue weighted by Crippen LogP contribution is -2.33. The van der Waals surface area contributed by atoms with E-state index in [1.54, 1.807) is 23.0 Å². The number of hydrogen-bond donors (Lipinski definition) is 1. The van der Waals surface area contributed by atoms with Gasteiger partial charge in [0.1, 0.15) is 5.82 Å². The molecule has 1 aromatic carbocycles. The van der Waals surface area contributed by atoms with E-state index in [0.717, 1.165) is 23.4 Å². The summed E-state index contributed by atoms with van der Waals surface area (Å²) in [6.45, 7) is 2.04. The van der Waals surface area contributed by atoms with Gasteiger partial charge in [0.05, 0.1) is 23.5 Å².